The molecule has 0 saturated carbocycles. The van der Waals surface area contributed by atoms with Crippen LogP contribution < -0.4 is 29.1 Å². The third-order valence-corrected chi connectivity index (χ3v) is 8.43. The van der Waals surface area contributed by atoms with Crippen LogP contribution in [0, 0.1) is 12.3 Å². The topological polar surface area (TPSA) is 88.4 Å². The molecule has 0 N–H and O–H groups in total. The first kappa shape index (κ1) is 30.9. The fourth-order valence-electron chi connectivity index (χ4n) is 5.36. The monoisotopic (exact) mass is 630 g/mol. The summed E-state index contributed by atoms with van der Waals surface area (Å²) in [6.45, 7) is 3.97. The lowest BCUT2D eigenvalue weighted by molar-refractivity contribution is -0.139. The van der Waals surface area contributed by atoms with Gasteiger partial charge in [0.25, 0.3) is 5.56 Å². The molecule has 226 valence electrons. The minimum atomic E-state index is -0.840. The fourth-order valence-corrected chi connectivity index (χ4v) is 6.65. The Morgan fingerprint density at radius 3 is 2.61 bits per heavy atom. The Hall–Kier alpha value is -4.52. The molecule has 10 heteroatoms. The Bertz CT molecular complexity index is 2000. The van der Waals surface area contributed by atoms with Crippen LogP contribution in [-0.2, 0) is 9.53 Å². The van der Waals surface area contributed by atoms with E-state index in [1.165, 1.54) is 18.4 Å². The zero-order valence-corrected chi connectivity index (χ0v) is 26.4. The molecule has 1 aliphatic heterocycles. The lowest BCUT2D eigenvalue weighted by Gasteiger charge is -2.28. The second-order valence-corrected chi connectivity index (χ2v) is 11.3. The van der Waals surface area contributed by atoms with E-state index >= 15 is 0 Å². The molecular formula is C34H31ClN2O6S. The number of carbonyl (C=O) groups is 1. The Kier molecular flexibility index (Phi) is 9.43. The molecule has 8 nitrogen and oxygen atoms in total. The van der Waals surface area contributed by atoms with E-state index in [2.05, 4.69) is 5.92 Å². The van der Waals surface area contributed by atoms with Crippen molar-refractivity contribution in [2.45, 2.75) is 32.7 Å². The molecule has 4 aromatic rings. The number of halogens is 1. The summed E-state index contributed by atoms with van der Waals surface area (Å²) in [5, 5.41) is 2.08. The van der Waals surface area contributed by atoms with Crippen LogP contribution >= 0.6 is 22.9 Å². The molecule has 0 fully saturated rings. The second-order valence-electron chi connectivity index (χ2n) is 9.84. The maximum atomic E-state index is 14.3. The Morgan fingerprint density at radius 2 is 1.91 bits per heavy atom. The number of hydrogen-bond donors (Lipinski definition) is 0. The first-order valence-corrected chi connectivity index (χ1v) is 15.3. The Balaban J connectivity index is 1.82. The molecule has 0 radical (unpaired) electrons. The number of thiazole rings is 1. The van der Waals surface area contributed by atoms with Crippen LogP contribution in [0.4, 0.5) is 0 Å². The van der Waals surface area contributed by atoms with Crippen molar-refractivity contribution >= 4 is 45.8 Å². The quantitative estimate of drug-likeness (QED) is 0.172. The van der Waals surface area contributed by atoms with Gasteiger partial charge in [0.1, 0.15) is 18.4 Å². The van der Waals surface area contributed by atoms with E-state index in [0.717, 1.165) is 17.2 Å². The van der Waals surface area contributed by atoms with Crippen LogP contribution in [0.2, 0.25) is 5.02 Å². The van der Waals surface area contributed by atoms with Gasteiger partial charge in [-0.1, -0.05) is 72.5 Å². The van der Waals surface area contributed by atoms with E-state index < -0.39 is 12.0 Å². The third kappa shape index (κ3) is 5.71. The molecule has 1 aromatic heterocycles. The smallest absolute Gasteiger partial charge is 0.338 e. The van der Waals surface area contributed by atoms with Crippen molar-refractivity contribution in [3.8, 4) is 29.6 Å². The van der Waals surface area contributed by atoms with E-state index in [4.69, 9.17) is 42.0 Å². The Morgan fingerprint density at radius 1 is 1.14 bits per heavy atom. The van der Waals surface area contributed by atoms with Gasteiger partial charge in [-0.25, -0.2) is 9.79 Å². The summed E-state index contributed by atoms with van der Waals surface area (Å²) in [5.41, 5.74) is 1.88. The van der Waals surface area contributed by atoms with E-state index in [-0.39, 0.29) is 23.8 Å². The maximum absolute atomic E-state index is 14.3. The van der Waals surface area contributed by atoms with Gasteiger partial charge in [0.05, 0.1) is 41.7 Å². The number of esters is 1. The molecule has 3 aromatic carbocycles. The van der Waals surface area contributed by atoms with Crippen molar-refractivity contribution in [2.24, 2.45) is 4.99 Å². The van der Waals surface area contributed by atoms with Crippen molar-refractivity contribution in [1.82, 2.24) is 4.57 Å². The van der Waals surface area contributed by atoms with Crippen LogP contribution in [0.25, 0.3) is 16.8 Å². The fraction of sp³-hybridized carbons (Fsp3) is 0.265. The molecule has 1 aliphatic rings. The van der Waals surface area contributed by atoms with Gasteiger partial charge in [-0.05, 0) is 54.0 Å². The zero-order valence-electron chi connectivity index (χ0n) is 24.8. The zero-order chi connectivity index (χ0) is 31.4. The number of methoxy groups -OCH3 is 2. The normalized spacial score (nSPS) is 14.5. The van der Waals surface area contributed by atoms with Crippen molar-refractivity contribution < 1.29 is 23.7 Å². The Labute approximate surface area is 263 Å². The summed E-state index contributed by atoms with van der Waals surface area (Å²) < 4.78 is 24.4. The minimum Gasteiger partial charge on any atom is -0.496 e. The van der Waals surface area contributed by atoms with Crippen LogP contribution in [0.5, 0.6) is 17.2 Å². The molecule has 44 heavy (non-hydrogen) atoms. The molecule has 5 rings (SSSR count). The molecule has 2 heterocycles. The molecule has 1 atom stereocenters. The number of nitrogens with zero attached hydrogens (tertiary/aromatic N) is 2. The van der Waals surface area contributed by atoms with Gasteiger partial charge in [0, 0.05) is 5.56 Å². The number of carbonyl (C=O) groups excluding carboxylic acids is 1. The predicted molar refractivity (Wildman–Crippen MR) is 172 cm³/mol. The van der Waals surface area contributed by atoms with Gasteiger partial charge in [-0.3, -0.25) is 9.36 Å². The summed E-state index contributed by atoms with van der Waals surface area (Å²) in [6, 6.07) is 14.2. The molecule has 1 unspecified atom stereocenters. The highest BCUT2D eigenvalue weighted by Gasteiger charge is 2.37. The number of allylic oxidation sites excluding steroid dienone is 1. The lowest BCUT2D eigenvalue weighted by Crippen LogP contribution is -2.40. The molecule has 0 bridgehead atoms. The number of terminal acetylenes is 1. The summed E-state index contributed by atoms with van der Waals surface area (Å²) in [4.78, 5) is 33.3. The summed E-state index contributed by atoms with van der Waals surface area (Å²) in [5.74, 6) is 3.12. The van der Waals surface area contributed by atoms with Crippen LogP contribution in [0.15, 0.2) is 69.6 Å². The van der Waals surface area contributed by atoms with Gasteiger partial charge < -0.3 is 18.9 Å². The predicted octanol–water partition coefficient (Wildman–Crippen LogP) is 5.41. The summed E-state index contributed by atoms with van der Waals surface area (Å²) in [6.07, 6.45) is 8.32. The SMILES string of the molecule is C#CCOc1c(Cl)cc(/C=c2\sc3n(c2=O)C(c2c(OC)ccc4ccccc24)C(C(=O)OCC)=C(CCC)N=3)cc1OC. The van der Waals surface area contributed by atoms with E-state index in [1.807, 2.05) is 43.3 Å². The highest BCUT2D eigenvalue weighted by atomic mass is 35.5. The van der Waals surface area contributed by atoms with E-state index in [1.54, 1.807) is 36.8 Å². The number of hydrogen-bond acceptors (Lipinski definition) is 8. The molecule has 0 spiro atoms. The molecular weight excluding hydrogens is 600 g/mol. The van der Waals surface area contributed by atoms with Gasteiger partial charge in [0.2, 0.25) is 0 Å². The van der Waals surface area contributed by atoms with Crippen molar-refractivity contribution in [1.29, 1.82) is 0 Å². The minimum absolute atomic E-state index is 0.0224. The van der Waals surface area contributed by atoms with Crippen LogP contribution in [0.3, 0.4) is 0 Å². The van der Waals surface area contributed by atoms with Crippen LogP contribution in [-0.4, -0.2) is 38.0 Å². The van der Waals surface area contributed by atoms with Gasteiger partial charge in [-0.15, -0.1) is 6.42 Å². The van der Waals surface area contributed by atoms with Crippen molar-refractivity contribution in [2.75, 3.05) is 27.4 Å². The average molecular weight is 631 g/mol. The highest BCUT2D eigenvalue weighted by Crippen LogP contribution is 2.41. The van der Waals surface area contributed by atoms with Gasteiger partial charge >= 0.3 is 5.97 Å². The number of rotatable bonds is 10. The first-order chi connectivity index (χ1) is 21.4. The van der Waals surface area contributed by atoms with Gasteiger partial charge in [-0.2, -0.15) is 0 Å². The van der Waals surface area contributed by atoms with Gasteiger partial charge in [0.15, 0.2) is 16.3 Å². The first-order valence-electron chi connectivity index (χ1n) is 14.1. The standard InChI is InChI=1S/C34H31ClN2O6S/c1-6-11-24-29(33(39)42-8-3)30(28-22-13-10-9-12-21(22)14-15-25(28)40-4)37-32(38)27(44-34(37)36-24)19-20-17-23(35)31(43-16-7-2)26(18-20)41-5/h2,9-10,12-15,17-19,30H,6,8,11,16H2,1,3-5H3/b27-19-. The van der Waals surface area contributed by atoms with E-state index in [0.29, 0.717) is 55.4 Å². The average Bonchev–Trinajstić information content (AvgIpc) is 3.33. The lowest BCUT2D eigenvalue weighted by atomic mass is 9.90. The second kappa shape index (κ2) is 13.4. The number of benzene rings is 3. The summed E-state index contributed by atoms with van der Waals surface area (Å²) >= 11 is 7.75. The third-order valence-electron chi connectivity index (χ3n) is 7.17. The molecule has 0 aliphatic carbocycles. The largest absolute Gasteiger partial charge is 0.496 e. The van der Waals surface area contributed by atoms with Crippen molar-refractivity contribution in [3.63, 3.8) is 0 Å². The number of fused-ring (bicyclic) bond motifs is 2. The number of aromatic nitrogens is 1. The highest BCUT2D eigenvalue weighted by molar-refractivity contribution is 7.07. The molecule has 0 amide bonds. The van der Waals surface area contributed by atoms with Crippen molar-refractivity contribution in [3.05, 3.63) is 95.6 Å². The number of ether oxygens (including phenoxy) is 4. The summed E-state index contributed by atoms with van der Waals surface area (Å²) in [7, 11) is 3.07. The van der Waals surface area contributed by atoms with Crippen LogP contribution in [0.1, 0.15) is 43.9 Å². The maximum Gasteiger partial charge on any atom is 0.338 e. The van der Waals surface area contributed by atoms with E-state index in [9.17, 15) is 9.59 Å². The molecule has 0 saturated heterocycles.